The lowest BCUT2D eigenvalue weighted by molar-refractivity contribution is -0.124. The third kappa shape index (κ3) is 4.18. The first-order valence-electron chi connectivity index (χ1n) is 8.41. The average Bonchev–Trinajstić information content (AvgIpc) is 2.53. The van der Waals surface area contributed by atoms with E-state index in [9.17, 15) is 4.79 Å². The van der Waals surface area contributed by atoms with E-state index in [4.69, 9.17) is 10.5 Å². The molecule has 5 heteroatoms. The van der Waals surface area contributed by atoms with Gasteiger partial charge in [-0.25, -0.2) is 0 Å². The summed E-state index contributed by atoms with van der Waals surface area (Å²) in [6, 6.07) is -0.407. The zero-order chi connectivity index (χ0) is 15.3. The summed E-state index contributed by atoms with van der Waals surface area (Å²) >= 11 is 0. The predicted octanol–water partition coefficient (Wildman–Crippen LogP) is 1.12. The fourth-order valence-corrected chi connectivity index (χ4v) is 3.52. The molecule has 122 valence electrons. The second kappa shape index (κ2) is 7.56. The number of hydrogen-bond acceptors (Lipinski definition) is 4. The van der Waals surface area contributed by atoms with Crippen LogP contribution in [0.25, 0.3) is 0 Å². The van der Waals surface area contributed by atoms with Crippen LogP contribution in [0, 0.1) is 5.92 Å². The summed E-state index contributed by atoms with van der Waals surface area (Å²) < 4.78 is 5.48. The van der Waals surface area contributed by atoms with Gasteiger partial charge in [0.1, 0.15) is 0 Å². The van der Waals surface area contributed by atoms with E-state index < -0.39 is 6.04 Å². The molecule has 1 saturated carbocycles. The van der Waals surface area contributed by atoms with E-state index >= 15 is 0 Å². The van der Waals surface area contributed by atoms with Crippen molar-refractivity contribution in [2.45, 2.75) is 57.5 Å². The molecule has 0 radical (unpaired) electrons. The lowest BCUT2D eigenvalue weighted by Crippen LogP contribution is -2.60. The fraction of sp³-hybridized carbons (Fsp3) is 0.938. The zero-order valence-electron chi connectivity index (χ0n) is 13.6. The molecule has 21 heavy (non-hydrogen) atoms. The van der Waals surface area contributed by atoms with Crippen molar-refractivity contribution < 1.29 is 9.53 Å². The molecule has 2 rings (SSSR count). The van der Waals surface area contributed by atoms with Crippen LogP contribution in [0.3, 0.4) is 0 Å². The number of nitrogens with zero attached hydrogens (tertiary/aromatic N) is 1. The molecule has 1 amide bonds. The van der Waals surface area contributed by atoms with E-state index in [2.05, 4.69) is 10.2 Å². The highest BCUT2D eigenvalue weighted by molar-refractivity contribution is 5.81. The van der Waals surface area contributed by atoms with E-state index in [-0.39, 0.29) is 17.4 Å². The molecule has 3 N–H and O–H groups in total. The Hall–Kier alpha value is -0.650. The number of nitrogens with one attached hydrogen (secondary N) is 1. The summed E-state index contributed by atoms with van der Waals surface area (Å²) in [7, 11) is 0. The van der Waals surface area contributed by atoms with Gasteiger partial charge < -0.3 is 15.8 Å². The van der Waals surface area contributed by atoms with Gasteiger partial charge in [0.25, 0.3) is 0 Å². The molecule has 1 aliphatic carbocycles. The number of carbonyl (C=O) groups is 1. The Morgan fingerprint density at radius 1 is 1.24 bits per heavy atom. The number of hydrogen-bond donors (Lipinski definition) is 2. The topological polar surface area (TPSA) is 67.6 Å². The van der Waals surface area contributed by atoms with E-state index in [0.29, 0.717) is 0 Å². The first-order valence-corrected chi connectivity index (χ1v) is 8.41. The summed E-state index contributed by atoms with van der Waals surface area (Å²) in [4.78, 5) is 14.7. The van der Waals surface area contributed by atoms with Crippen LogP contribution in [-0.4, -0.2) is 55.2 Å². The van der Waals surface area contributed by atoms with Crippen LogP contribution < -0.4 is 11.1 Å². The fourth-order valence-electron chi connectivity index (χ4n) is 3.52. The van der Waals surface area contributed by atoms with Crippen molar-refractivity contribution in [2.24, 2.45) is 11.7 Å². The maximum atomic E-state index is 12.2. The van der Waals surface area contributed by atoms with E-state index in [1.807, 2.05) is 13.8 Å². The van der Waals surface area contributed by atoms with Crippen LogP contribution in [0.5, 0.6) is 0 Å². The van der Waals surface area contributed by atoms with Gasteiger partial charge in [-0.2, -0.15) is 0 Å². The molecule has 0 aromatic carbocycles. The van der Waals surface area contributed by atoms with Crippen LogP contribution in [0.4, 0.5) is 0 Å². The normalized spacial score (nSPS) is 24.8. The molecular weight excluding hydrogens is 266 g/mol. The highest BCUT2D eigenvalue weighted by Gasteiger charge is 2.39. The molecule has 0 aromatic heterocycles. The Kier molecular flexibility index (Phi) is 6.02. The van der Waals surface area contributed by atoms with Crippen LogP contribution >= 0.6 is 0 Å². The lowest BCUT2D eigenvalue weighted by Gasteiger charge is -2.48. The molecule has 0 bridgehead atoms. The molecule has 1 aliphatic heterocycles. The minimum absolute atomic E-state index is 0.0109. The van der Waals surface area contributed by atoms with Crippen molar-refractivity contribution in [1.82, 2.24) is 10.2 Å². The molecule has 1 saturated heterocycles. The molecule has 1 atom stereocenters. The monoisotopic (exact) mass is 297 g/mol. The third-order valence-corrected chi connectivity index (χ3v) is 5.08. The molecule has 2 aliphatic rings. The number of amides is 1. The maximum absolute atomic E-state index is 12.2. The van der Waals surface area contributed by atoms with Gasteiger partial charge in [0, 0.05) is 25.2 Å². The highest BCUT2D eigenvalue weighted by atomic mass is 16.5. The quantitative estimate of drug-likeness (QED) is 0.798. The van der Waals surface area contributed by atoms with Gasteiger partial charge in [0.05, 0.1) is 19.3 Å². The highest BCUT2D eigenvalue weighted by Crippen LogP contribution is 2.33. The molecule has 2 fully saturated rings. The minimum atomic E-state index is -0.407. The Morgan fingerprint density at radius 2 is 1.86 bits per heavy atom. The van der Waals surface area contributed by atoms with Gasteiger partial charge >= 0.3 is 0 Å². The summed E-state index contributed by atoms with van der Waals surface area (Å²) in [6.45, 7) is 8.28. The van der Waals surface area contributed by atoms with Gasteiger partial charge in [-0.1, -0.05) is 33.1 Å². The van der Waals surface area contributed by atoms with Gasteiger partial charge in [-0.15, -0.1) is 0 Å². The van der Waals surface area contributed by atoms with E-state index in [1.54, 1.807) is 0 Å². The first kappa shape index (κ1) is 16.7. The predicted molar refractivity (Wildman–Crippen MR) is 84.0 cm³/mol. The SMILES string of the molecule is CC(C)[C@H](N)C(=O)NCC1(N2CCOCC2)CCCCC1. The smallest absolute Gasteiger partial charge is 0.237 e. The number of rotatable bonds is 5. The van der Waals surface area contributed by atoms with Crippen molar-refractivity contribution >= 4 is 5.91 Å². The number of carbonyl (C=O) groups excluding carboxylic acids is 1. The van der Waals surface area contributed by atoms with Crippen LogP contribution in [0.1, 0.15) is 46.0 Å². The van der Waals surface area contributed by atoms with Crippen molar-refractivity contribution in [3.63, 3.8) is 0 Å². The molecular formula is C16H31N3O2. The number of morpholine rings is 1. The average molecular weight is 297 g/mol. The third-order valence-electron chi connectivity index (χ3n) is 5.08. The largest absolute Gasteiger partial charge is 0.379 e. The number of ether oxygens (including phenoxy) is 1. The summed E-state index contributed by atoms with van der Waals surface area (Å²) in [5, 5.41) is 3.13. The van der Waals surface area contributed by atoms with Crippen LogP contribution in [0.2, 0.25) is 0 Å². The van der Waals surface area contributed by atoms with Gasteiger partial charge in [-0.3, -0.25) is 9.69 Å². The Morgan fingerprint density at radius 3 is 2.43 bits per heavy atom. The van der Waals surface area contributed by atoms with Crippen molar-refractivity contribution in [3.05, 3.63) is 0 Å². The Balaban J connectivity index is 1.97. The van der Waals surface area contributed by atoms with Crippen molar-refractivity contribution in [1.29, 1.82) is 0 Å². The van der Waals surface area contributed by atoms with Gasteiger partial charge in [0.15, 0.2) is 0 Å². The standard InChI is InChI=1S/C16H31N3O2/c1-13(2)14(17)15(20)18-12-16(6-4-3-5-7-16)19-8-10-21-11-9-19/h13-14H,3-12,17H2,1-2H3,(H,18,20)/t14-/m0/s1. The zero-order valence-corrected chi connectivity index (χ0v) is 13.6. The minimum Gasteiger partial charge on any atom is -0.379 e. The first-order chi connectivity index (χ1) is 10.1. The molecule has 0 aromatic rings. The summed E-state index contributed by atoms with van der Waals surface area (Å²) in [6.07, 6.45) is 6.16. The molecule has 0 spiro atoms. The second-order valence-electron chi connectivity index (χ2n) is 6.87. The van der Waals surface area contributed by atoms with Gasteiger partial charge in [0.2, 0.25) is 5.91 Å². The van der Waals surface area contributed by atoms with Crippen LogP contribution in [0.15, 0.2) is 0 Å². The lowest BCUT2D eigenvalue weighted by atomic mass is 9.79. The maximum Gasteiger partial charge on any atom is 0.237 e. The molecule has 1 heterocycles. The summed E-state index contributed by atoms with van der Waals surface area (Å²) in [5.41, 5.74) is 6.07. The Bertz CT molecular complexity index is 334. The summed E-state index contributed by atoms with van der Waals surface area (Å²) in [5.74, 6) is 0.166. The molecule has 0 unspecified atom stereocenters. The molecule has 5 nitrogen and oxygen atoms in total. The number of nitrogens with two attached hydrogens (primary N) is 1. The Labute approximate surface area is 128 Å². The van der Waals surface area contributed by atoms with Crippen LogP contribution in [-0.2, 0) is 9.53 Å². The van der Waals surface area contributed by atoms with Gasteiger partial charge in [-0.05, 0) is 18.8 Å². The van der Waals surface area contributed by atoms with Crippen molar-refractivity contribution in [3.8, 4) is 0 Å². The van der Waals surface area contributed by atoms with Crippen molar-refractivity contribution in [2.75, 3.05) is 32.8 Å². The van der Waals surface area contributed by atoms with E-state index in [0.717, 1.165) is 32.8 Å². The second-order valence-corrected chi connectivity index (χ2v) is 6.87. The van der Waals surface area contributed by atoms with E-state index in [1.165, 1.54) is 32.1 Å².